The van der Waals surface area contributed by atoms with Crippen molar-refractivity contribution < 1.29 is 4.39 Å². The Labute approximate surface area is 216 Å². The van der Waals surface area contributed by atoms with Gasteiger partial charge >= 0.3 is 0 Å². The monoisotopic (exact) mass is 503 g/mol. The van der Waals surface area contributed by atoms with Crippen LogP contribution in [0.2, 0.25) is 0 Å². The molecular weight excluding hydrogens is 469 g/mol. The van der Waals surface area contributed by atoms with Crippen LogP contribution >= 0.6 is 0 Å². The molecule has 2 fully saturated rings. The minimum absolute atomic E-state index is 0.202. The maximum Gasteiger partial charge on any atom is 0.138 e. The molecule has 0 radical (unpaired) electrons. The van der Waals surface area contributed by atoms with E-state index in [1.165, 1.54) is 31.2 Å². The highest BCUT2D eigenvalue weighted by atomic mass is 19.1. The van der Waals surface area contributed by atoms with Crippen LogP contribution in [0.1, 0.15) is 48.0 Å². The highest BCUT2D eigenvalue weighted by Gasteiger charge is 2.29. The summed E-state index contributed by atoms with van der Waals surface area (Å²) >= 11 is 0. The molecule has 2 aromatic heterocycles. The zero-order valence-corrected chi connectivity index (χ0v) is 21.2. The van der Waals surface area contributed by atoms with Gasteiger partial charge < -0.3 is 30.9 Å². The lowest BCUT2D eigenvalue weighted by molar-refractivity contribution is 0.173. The first-order valence-corrected chi connectivity index (χ1v) is 12.9. The fraction of sp³-hybridized carbons (Fsp3) is 0.444. The van der Waals surface area contributed by atoms with Crippen LogP contribution in [0.25, 0.3) is 11.3 Å². The Balaban J connectivity index is 1.38. The lowest BCUT2D eigenvalue weighted by Gasteiger charge is -2.35. The van der Waals surface area contributed by atoms with Gasteiger partial charge in [-0.2, -0.15) is 0 Å². The van der Waals surface area contributed by atoms with Gasteiger partial charge in [-0.1, -0.05) is 0 Å². The van der Waals surface area contributed by atoms with Crippen LogP contribution < -0.4 is 10.6 Å². The lowest BCUT2D eigenvalue weighted by Crippen LogP contribution is -2.39. The molecule has 3 aromatic rings. The largest absolute Gasteiger partial charge is 0.383 e. The summed E-state index contributed by atoms with van der Waals surface area (Å²) in [5.74, 6) is 1.63. The molecule has 10 heteroatoms. The predicted molar refractivity (Wildman–Crippen MR) is 144 cm³/mol. The highest BCUT2D eigenvalue weighted by molar-refractivity contribution is 5.91. The molecule has 0 saturated carbocycles. The number of anilines is 2. The summed E-state index contributed by atoms with van der Waals surface area (Å²) in [6.45, 7) is 7.51. The molecule has 2 saturated heterocycles. The van der Waals surface area contributed by atoms with Gasteiger partial charge in [0.05, 0.1) is 17.2 Å². The van der Waals surface area contributed by atoms with E-state index in [4.69, 9.17) is 21.5 Å². The molecule has 37 heavy (non-hydrogen) atoms. The van der Waals surface area contributed by atoms with Crippen molar-refractivity contribution in [3.05, 3.63) is 53.5 Å². The first-order chi connectivity index (χ1) is 18.0. The molecular formula is C27H34FN9. The first kappa shape index (κ1) is 25.0. The molecule has 0 unspecified atom stereocenters. The van der Waals surface area contributed by atoms with Gasteiger partial charge in [-0.15, -0.1) is 0 Å². The summed E-state index contributed by atoms with van der Waals surface area (Å²) in [5.41, 5.74) is 9.21. The van der Waals surface area contributed by atoms with Crippen LogP contribution in [0, 0.1) is 23.6 Å². The van der Waals surface area contributed by atoms with Gasteiger partial charge in [-0.05, 0) is 63.0 Å². The molecule has 4 heterocycles. The molecule has 0 atom stereocenters. The molecule has 9 nitrogen and oxygen atoms in total. The zero-order chi connectivity index (χ0) is 25.9. The number of nitrogens with one attached hydrogen (secondary N) is 2. The number of rotatable bonds is 9. The van der Waals surface area contributed by atoms with Crippen molar-refractivity contribution in [1.29, 1.82) is 10.8 Å². The van der Waals surface area contributed by atoms with Crippen molar-refractivity contribution in [3.8, 4) is 11.3 Å². The number of likely N-dealkylation sites (tertiary alicyclic amines) is 1. The second-order valence-electron chi connectivity index (χ2n) is 9.95. The summed E-state index contributed by atoms with van der Waals surface area (Å²) < 4.78 is 16.2. The van der Waals surface area contributed by atoms with Gasteiger partial charge in [0.1, 0.15) is 29.6 Å². The number of hydrogen-bond donors (Lipinski definition) is 3. The number of nitrogens with two attached hydrogens (primary N) is 1. The summed E-state index contributed by atoms with van der Waals surface area (Å²) in [6.07, 6.45) is 9.03. The van der Waals surface area contributed by atoms with E-state index in [1.807, 2.05) is 6.07 Å². The third-order valence-corrected chi connectivity index (χ3v) is 7.61. The Kier molecular flexibility index (Phi) is 7.27. The Hall–Kier alpha value is -3.66. The maximum absolute atomic E-state index is 13.9. The van der Waals surface area contributed by atoms with E-state index in [2.05, 4.69) is 30.5 Å². The smallest absolute Gasteiger partial charge is 0.138 e. The highest BCUT2D eigenvalue weighted by Crippen LogP contribution is 2.35. The van der Waals surface area contributed by atoms with Crippen LogP contribution in [0.4, 0.5) is 16.0 Å². The van der Waals surface area contributed by atoms with E-state index >= 15 is 0 Å². The number of halogens is 1. The SMILES string of the molecule is Cc1cc(-c2cn(CCN3CCC3)c(C3CCN(c4ncnc(N)c4C(C=N)C=N)CC3)n2)ccc1F. The van der Waals surface area contributed by atoms with Crippen molar-refractivity contribution in [1.82, 2.24) is 24.4 Å². The maximum atomic E-state index is 13.9. The van der Waals surface area contributed by atoms with E-state index in [1.54, 1.807) is 13.0 Å². The Morgan fingerprint density at radius 3 is 2.51 bits per heavy atom. The quantitative estimate of drug-likeness (QED) is 0.381. The van der Waals surface area contributed by atoms with Crippen LogP contribution in [0.5, 0.6) is 0 Å². The normalized spacial score (nSPS) is 17.4. The van der Waals surface area contributed by atoms with Crippen molar-refractivity contribution in [3.63, 3.8) is 0 Å². The molecule has 2 aliphatic heterocycles. The van der Waals surface area contributed by atoms with Crippen LogP contribution in [0.3, 0.4) is 0 Å². The number of benzene rings is 1. The Bertz CT molecular complexity index is 1270. The fourth-order valence-electron chi connectivity index (χ4n) is 5.27. The minimum atomic E-state index is -0.545. The van der Waals surface area contributed by atoms with Gasteiger partial charge in [0.15, 0.2) is 0 Å². The van der Waals surface area contributed by atoms with Crippen LogP contribution in [-0.4, -0.2) is 69.6 Å². The molecule has 0 spiro atoms. The molecule has 5 rings (SSSR count). The molecule has 194 valence electrons. The predicted octanol–water partition coefficient (Wildman–Crippen LogP) is 3.84. The van der Waals surface area contributed by atoms with E-state index in [9.17, 15) is 4.39 Å². The van der Waals surface area contributed by atoms with E-state index in [0.29, 0.717) is 22.8 Å². The molecule has 0 bridgehead atoms. The number of nitrogen functional groups attached to an aromatic ring is 1. The van der Waals surface area contributed by atoms with Gasteiger partial charge in [-0.3, -0.25) is 0 Å². The van der Waals surface area contributed by atoms with Gasteiger partial charge in [0.25, 0.3) is 0 Å². The molecule has 4 N–H and O–H groups in total. The minimum Gasteiger partial charge on any atom is -0.383 e. The summed E-state index contributed by atoms with van der Waals surface area (Å²) in [5, 5.41) is 15.4. The van der Waals surface area contributed by atoms with Crippen molar-refractivity contribution in [2.45, 2.75) is 44.6 Å². The lowest BCUT2D eigenvalue weighted by atomic mass is 9.94. The van der Waals surface area contributed by atoms with Crippen LogP contribution in [0.15, 0.2) is 30.7 Å². The summed E-state index contributed by atoms with van der Waals surface area (Å²) in [7, 11) is 0. The zero-order valence-electron chi connectivity index (χ0n) is 21.2. The number of aromatic nitrogens is 4. The second kappa shape index (κ2) is 10.8. The van der Waals surface area contributed by atoms with Crippen molar-refractivity contribution in [2.24, 2.45) is 0 Å². The van der Waals surface area contributed by atoms with Crippen molar-refractivity contribution >= 4 is 24.1 Å². The fourth-order valence-corrected chi connectivity index (χ4v) is 5.27. The number of hydrogen-bond acceptors (Lipinski definition) is 8. The van der Waals surface area contributed by atoms with Gasteiger partial charge in [-0.25, -0.2) is 19.3 Å². The van der Waals surface area contributed by atoms with E-state index in [0.717, 1.165) is 69.2 Å². The van der Waals surface area contributed by atoms with E-state index in [-0.39, 0.29) is 11.7 Å². The topological polar surface area (TPSA) is 124 Å². The standard InChI is InChI=1S/C27H34FN9/c1-18-13-20(3-4-22(18)28)23-16-37(12-11-35-7-2-8-35)26(34-23)19-5-9-36(10-6-19)27-24(21(14-29)15-30)25(31)32-17-33-27/h3-4,13-17,19,21,29-30H,2,5-12H2,1H3,(H2,31,32,33). The second-order valence-corrected chi connectivity index (χ2v) is 9.95. The average Bonchev–Trinajstić information content (AvgIpc) is 3.30. The molecule has 0 amide bonds. The van der Waals surface area contributed by atoms with Gasteiger partial charge in [0.2, 0.25) is 0 Å². The average molecular weight is 504 g/mol. The number of imidazole rings is 1. The number of nitrogens with zero attached hydrogens (tertiary/aromatic N) is 6. The third kappa shape index (κ3) is 5.11. The van der Waals surface area contributed by atoms with Crippen molar-refractivity contribution in [2.75, 3.05) is 43.4 Å². The number of piperidine rings is 1. The molecule has 2 aliphatic rings. The summed E-state index contributed by atoms with van der Waals surface area (Å²) in [6, 6.07) is 5.19. The first-order valence-electron chi connectivity index (χ1n) is 12.9. The van der Waals surface area contributed by atoms with E-state index < -0.39 is 5.92 Å². The Morgan fingerprint density at radius 1 is 1.11 bits per heavy atom. The Morgan fingerprint density at radius 2 is 1.86 bits per heavy atom. The number of aryl methyl sites for hydroxylation is 1. The summed E-state index contributed by atoms with van der Waals surface area (Å²) in [4.78, 5) is 18.3. The molecule has 1 aromatic carbocycles. The van der Waals surface area contributed by atoms with Crippen LogP contribution in [-0.2, 0) is 6.54 Å². The third-order valence-electron chi connectivity index (χ3n) is 7.61. The van der Waals surface area contributed by atoms with Gasteiger partial charge in [0, 0.05) is 56.3 Å². The molecule has 0 aliphatic carbocycles.